The average Bonchev–Trinajstić information content (AvgIpc) is 3.22. The van der Waals surface area contributed by atoms with E-state index < -0.39 is 0 Å². The third-order valence-electron chi connectivity index (χ3n) is 5.03. The SMILES string of the molecule is CCCCCCCCCc1noc(-c2ccc(-c3ccc(OC)cc3)cc2)n1. The second kappa shape index (κ2) is 10.6. The number of benzene rings is 2. The summed E-state index contributed by atoms with van der Waals surface area (Å²) < 4.78 is 10.7. The van der Waals surface area contributed by atoms with Crippen molar-refractivity contribution in [3.8, 4) is 28.3 Å². The van der Waals surface area contributed by atoms with Crippen molar-refractivity contribution in [1.29, 1.82) is 0 Å². The van der Waals surface area contributed by atoms with Gasteiger partial charge in [-0.05, 0) is 41.8 Å². The molecule has 0 amide bonds. The Morgan fingerprint density at radius 1 is 0.750 bits per heavy atom. The number of ether oxygens (including phenoxy) is 1. The number of hydrogen-bond donors (Lipinski definition) is 0. The van der Waals surface area contributed by atoms with Crippen molar-refractivity contribution in [3.63, 3.8) is 0 Å². The Bertz CT molecular complexity index is 823. The van der Waals surface area contributed by atoms with Crippen molar-refractivity contribution >= 4 is 0 Å². The van der Waals surface area contributed by atoms with Gasteiger partial charge in [-0.1, -0.05) is 74.9 Å². The summed E-state index contributed by atoms with van der Waals surface area (Å²) >= 11 is 0. The van der Waals surface area contributed by atoms with Crippen molar-refractivity contribution in [1.82, 2.24) is 10.1 Å². The van der Waals surface area contributed by atoms with E-state index in [0.29, 0.717) is 5.89 Å². The molecular weight excluding hydrogens is 348 g/mol. The third kappa shape index (κ3) is 5.69. The first-order valence-electron chi connectivity index (χ1n) is 10.4. The van der Waals surface area contributed by atoms with E-state index in [0.717, 1.165) is 41.1 Å². The minimum Gasteiger partial charge on any atom is -0.497 e. The zero-order chi connectivity index (χ0) is 19.6. The Kier molecular flexibility index (Phi) is 7.65. The second-order valence-corrected chi connectivity index (χ2v) is 7.19. The van der Waals surface area contributed by atoms with Gasteiger partial charge in [0.25, 0.3) is 5.89 Å². The highest BCUT2D eigenvalue weighted by Crippen LogP contribution is 2.25. The van der Waals surface area contributed by atoms with Crippen LogP contribution in [-0.2, 0) is 6.42 Å². The number of unbranched alkanes of at least 4 members (excludes halogenated alkanes) is 6. The van der Waals surface area contributed by atoms with E-state index in [4.69, 9.17) is 9.26 Å². The molecule has 0 saturated carbocycles. The molecule has 0 fully saturated rings. The lowest BCUT2D eigenvalue weighted by Gasteiger charge is -2.04. The first-order valence-corrected chi connectivity index (χ1v) is 10.4. The van der Waals surface area contributed by atoms with Gasteiger partial charge in [-0.2, -0.15) is 4.98 Å². The second-order valence-electron chi connectivity index (χ2n) is 7.19. The Morgan fingerprint density at radius 3 is 1.96 bits per heavy atom. The predicted octanol–water partition coefficient (Wildman–Crippen LogP) is 6.71. The quantitative estimate of drug-likeness (QED) is 0.348. The smallest absolute Gasteiger partial charge is 0.257 e. The fraction of sp³-hybridized carbons (Fsp3) is 0.417. The number of methoxy groups -OCH3 is 1. The molecule has 2 aromatic carbocycles. The van der Waals surface area contributed by atoms with E-state index in [-0.39, 0.29) is 0 Å². The van der Waals surface area contributed by atoms with Crippen LogP contribution < -0.4 is 4.74 Å². The van der Waals surface area contributed by atoms with E-state index in [2.05, 4.69) is 41.3 Å². The van der Waals surface area contributed by atoms with Crippen LogP contribution >= 0.6 is 0 Å². The molecule has 0 saturated heterocycles. The Balaban J connectivity index is 1.51. The molecular formula is C24H30N2O2. The predicted molar refractivity (Wildman–Crippen MR) is 113 cm³/mol. The van der Waals surface area contributed by atoms with Gasteiger partial charge in [0.2, 0.25) is 0 Å². The largest absolute Gasteiger partial charge is 0.497 e. The maximum atomic E-state index is 5.46. The molecule has 0 aliphatic carbocycles. The molecule has 1 aromatic heterocycles. The zero-order valence-electron chi connectivity index (χ0n) is 17.0. The molecule has 0 bridgehead atoms. The van der Waals surface area contributed by atoms with E-state index in [1.54, 1.807) is 7.11 Å². The minimum atomic E-state index is 0.597. The lowest BCUT2D eigenvalue weighted by Crippen LogP contribution is -1.89. The van der Waals surface area contributed by atoms with Crippen LogP contribution in [0.3, 0.4) is 0 Å². The normalized spacial score (nSPS) is 10.9. The highest BCUT2D eigenvalue weighted by atomic mass is 16.5. The van der Waals surface area contributed by atoms with Gasteiger partial charge < -0.3 is 9.26 Å². The summed E-state index contributed by atoms with van der Waals surface area (Å²) in [5, 5.41) is 4.14. The zero-order valence-corrected chi connectivity index (χ0v) is 17.0. The van der Waals surface area contributed by atoms with E-state index in [9.17, 15) is 0 Å². The molecule has 148 valence electrons. The summed E-state index contributed by atoms with van der Waals surface area (Å²) in [5.74, 6) is 2.27. The summed E-state index contributed by atoms with van der Waals surface area (Å²) in [6, 6.07) is 16.3. The van der Waals surface area contributed by atoms with Crippen LogP contribution in [0.1, 0.15) is 57.7 Å². The van der Waals surface area contributed by atoms with Crippen LogP contribution in [0.2, 0.25) is 0 Å². The molecule has 4 nitrogen and oxygen atoms in total. The molecule has 3 aromatic rings. The average molecular weight is 379 g/mol. The number of hydrogen-bond acceptors (Lipinski definition) is 4. The molecule has 0 radical (unpaired) electrons. The lowest BCUT2D eigenvalue weighted by atomic mass is 10.0. The van der Waals surface area contributed by atoms with Gasteiger partial charge in [0.05, 0.1) is 7.11 Å². The fourth-order valence-electron chi connectivity index (χ4n) is 3.30. The molecule has 28 heavy (non-hydrogen) atoms. The van der Waals surface area contributed by atoms with Gasteiger partial charge in [-0.15, -0.1) is 0 Å². The van der Waals surface area contributed by atoms with E-state index >= 15 is 0 Å². The number of aromatic nitrogens is 2. The summed E-state index contributed by atoms with van der Waals surface area (Å²) in [5.41, 5.74) is 3.25. The highest BCUT2D eigenvalue weighted by molar-refractivity contribution is 5.67. The van der Waals surface area contributed by atoms with Crippen molar-refractivity contribution in [3.05, 3.63) is 54.4 Å². The first-order chi connectivity index (χ1) is 13.8. The summed E-state index contributed by atoms with van der Waals surface area (Å²) in [6.45, 7) is 2.25. The summed E-state index contributed by atoms with van der Waals surface area (Å²) in [4.78, 5) is 4.56. The maximum Gasteiger partial charge on any atom is 0.257 e. The molecule has 0 unspecified atom stereocenters. The number of nitrogens with zero attached hydrogens (tertiary/aromatic N) is 2. The molecule has 1 heterocycles. The molecule has 3 rings (SSSR count). The van der Waals surface area contributed by atoms with Crippen LogP contribution in [0.4, 0.5) is 0 Å². The van der Waals surface area contributed by atoms with Gasteiger partial charge in [0.15, 0.2) is 5.82 Å². The Labute approximate surface area is 167 Å². The molecule has 0 atom stereocenters. The van der Waals surface area contributed by atoms with Gasteiger partial charge in [-0.3, -0.25) is 0 Å². The van der Waals surface area contributed by atoms with Crippen molar-refractivity contribution < 1.29 is 9.26 Å². The van der Waals surface area contributed by atoms with Crippen molar-refractivity contribution in [2.24, 2.45) is 0 Å². The first kappa shape index (κ1) is 20.1. The number of rotatable bonds is 11. The van der Waals surface area contributed by atoms with Crippen LogP contribution in [0, 0.1) is 0 Å². The number of aryl methyl sites for hydroxylation is 1. The van der Waals surface area contributed by atoms with Crippen LogP contribution in [-0.4, -0.2) is 17.3 Å². The summed E-state index contributed by atoms with van der Waals surface area (Å²) in [6.07, 6.45) is 9.91. The van der Waals surface area contributed by atoms with Gasteiger partial charge in [-0.25, -0.2) is 0 Å². The Hall–Kier alpha value is -2.62. The summed E-state index contributed by atoms with van der Waals surface area (Å²) in [7, 11) is 1.68. The van der Waals surface area contributed by atoms with Gasteiger partial charge >= 0.3 is 0 Å². The van der Waals surface area contributed by atoms with Crippen LogP contribution in [0.25, 0.3) is 22.6 Å². The maximum absolute atomic E-state index is 5.46. The van der Waals surface area contributed by atoms with Gasteiger partial charge in [0, 0.05) is 12.0 Å². The van der Waals surface area contributed by atoms with Gasteiger partial charge in [0.1, 0.15) is 5.75 Å². The molecule has 0 aliphatic heterocycles. The van der Waals surface area contributed by atoms with E-state index in [1.165, 1.54) is 38.5 Å². The topological polar surface area (TPSA) is 48.2 Å². The highest BCUT2D eigenvalue weighted by Gasteiger charge is 2.09. The molecule has 0 spiro atoms. The standard InChI is InChI=1S/C24H30N2O2/c1-3-4-5-6-7-8-9-10-23-25-24(28-26-23)21-13-11-19(12-14-21)20-15-17-22(27-2)18-16-20/h11-18H,3-10H2,1-2H3. The molecule has 0 aliphatic rings. The molecule has 4 heteroatoms. The van der Waals surface area contributed by atoms with E-state index in [1.807, 2.05) is 24.3 Å². The molecule has 0 N–H and O–H groups in total. The van der Waals surface area contributed by atoms with Crippen molar-refractivity contribution in [2.75, 3.05) is 7.11 Å². The van der Waals surface area contributed by atoms with Crippen LogP contribution in [0.5, 0.6) is 5.75 Å². The third-order valence-corrected chi connectivity index (χ3v) is 5.03. The Morgan fingerprint density at radius 2 is 1.32 bits per heavy atom. The lowest BCUT2D eigenvalue weighted by molar-refractivity contribution is 0.415. The minimum absolute atomic E-state index is 0.597. The van der Waals surface area contributed by atoms with Crippen molar-refractivity contribution in [2.45, 2.75) is 58.3 Å². The fourth-order valence-corrected chi connectivity index (χ4v) is 3.30. The monoisotopic (exact) mass is 378 g/mol. The van der Waals surface area contributed by atoms with Crippen LogP contribution in [0.15, 0.2) is 53.1 Å².